The zero-order valence-corrected chi connectivity index (χ0v) is 13.3. The van der Waals surface area contributed by atoms with Crippen molar-refractivity contribution in [2.45, 2.75) is 58.0 Å². The van der Waals surface area contributed by atoms with Crippen molar-refractivity contribution in [3.8, 4) is 0 Å². The molecule has 0 aliphatic carbocycles. The molecule has 0 aromatic carbocycles. The molecule has 0 amide bonds. The molecule has 0 saturated carbocycles. The summed E-state index contributed by atoms with van der Waals surface area (Å²) >= 11 is 0. The normalized spacial score (nSPS) is 29.1. The summed E-state index contributed by atoms with van der Waals surface area (Å²) < 4.78 is 43.9. The van der Waals surface area contributed by atoms with Gasteiger partial charge in [-0.15, -0.1) is 0 Å². The molecule has 1 aliphatic rings. The quantitative estimate of drug-likeness (QED) is 0.844. The van der Waals surface area contributed by atoms with Gasteiger partial charge in [0.25, 0.3) is 0 Å². The predicted molar refractivity (Wildman–Crippen MR) is 73.7 cm³/mol. The van der Waals surface area contributed by atoms with Gasteiger partial charge in [0.05, 0.1) is 17.7 Å². The van der Waals surface area contributed by atoms with Gasteiger partial charge >= 0.3 is 6.18 Å². The Hall–Kier alpha value is -0.330. The summed E-state index contributed by atoms with van der Waals surface area (Å²) in [5.41, 5.74) is -0.837. The molecule has 0 bridgehead atoms. The Morgan fingerprint density at radius 1 is 1.15 bits per heavy atom. The van der Waals surface area contributed by atoms with E-state index in [4.69, 9.17) is 4.74 Å². The highest BCUT2D eigenvalue weighted by Crippen LogP contribution is 2.42. The summed E-state index contributed by atoms with van der Waals surface area (Å²) in [5, 5.41) is 3.22. The number of likely N-dealkylation sites (N-methyl/N-ethyl adjacent to an activating group) is 1. The molecule has 2 unspecified atom stereocenters. The Balaban J connectivity index is 2.87. The molecule has 6 heteroatoms. The molecule has 1 rings (SSSR count). The molecule has 2 atom stereocenters. The first-order valence-corrected chi connectivity index (χ1v) is 7.09. The topological polar surface area (TPSA) is 24.5 Å². The van der Waals surface area contributed by atoms with Gasteiger partial charge in [0.2, 0.25) is 0 Å². The molecule has 120 valence electrons. The van der Waals surface area contributed by atoms with Crippen molar-refractivity contribution in [1.29, 1.82) is 0 Å². The Labute approximate surface area is 119 Å². The van der Waals surface area contributed by atoms with Crippen molar-refractivity contribution in [2.75, 3.05) is 26.7 Å². The van der Waals surface area contributed by atoms with Crippen molar-refractivity contribution >= 4 is 0 Å². The van der Waals surface area contributed by atoms with E-state index in [-0.39, 0.29) is 17.6 Å². The highest BCUT2D eigenvalue weighted by molar-refractivity contribution is 5.05. The molecule has 0 aromatic heterocycles. The third-order valence-corrected chi connectivity index (χ3v) is 4.19. The van der Waals surface area contributed by atoms with Crippen LogP contribution in [0.5, 0.6) is 0 Å². The molecule has 1 heterocycles. The largest absolute Gasteiger partial charge is 0.401 e. The minimum Gasteiger partial charge on any atom is -0.368 e. The van der Waals surface area contributed by atoms with E-state index >= 15 is 0 Å². The number of hydrogen-bond acceptors (Lipinski definition) is 3. The molecular formula is C14H27F3N2O. The van der Waals surface area contributed by atoms with Gasteiger partial charge in [-0.3, -0.25) is 4.90 Å². The van der Waals surface area contributed by atoms with Crippen LogP contribution >= 0.6 is 0 Å². The maximum absolute atomic E-state index is 12.6. The lowest BCUT2D eigenvalue weighted by Crippen LogP contribution is -2.50. The van der Waals surface area contributed by atoms with Crippen molar-refractivity contribution in [3.05, 3.63) is 0 Å². The summed E-state index contributed by atoms with van der Waals surface area (Å²) in [4.78, 5) is 1.45. The standard InChI is InChI=1S/C14H27F3N2O/c1-7-19(9-14(15,16)17)8-10-11(18-6)13(4,5)20-12(10,2)3/h10-11,18H,7-9H2,1-6H3. The molecule has 0 radical (unpaired) electrons. The van der Waals surface area contributed by atoms with Gasteiger partial charge in [-0.05, 0) is 41.3 Å². The van der Waals surface area contributed by atoms with Gasteiger partial charge in [0, 0.05) is 18.5 Å². The fraction of sp³-hybridized carbons (Fsp3) is 1.00. The van der Waals surface area contributed by atoms with Crippen molar-refractivity contribution in [1.82, 2.24) is 10.2 Å². The van der Waals surface area contributed by atoms with Crippen LogP contribution in [-0.2, 0) is 4.74 Å². The van der Waals surface area contributed by atoms with Crippen LogP contribution in [0, 0.1) is 5.92 Å². The number of nitrogens with one attached hydrogen (secondary N) is 1. The van der Waals surface area contributed by atoms with Crippen LogP contribution in [0.4, 0.5) is 13.2 Å². The Kier molecular flexibility index (Phi) is 5.15. The lowest BCUT2D eigenvalue weighted by molar-refractivity contribution is -0.148. The SMILES string of the molecule is CCN(CC1C(NC)C(C)(C)OC1(C)C)CC(F)(F)F. The summed E-state index contributed by atoms with van der Waals surface area (Å²) in [5.74, 6) is 0.00444. The van der Waals surface area contributed by atoms with Crippen LogP contribution in [0.25, 0.3) is 0 Å². The number of ether oxygens (including phenoxy) is 1. The molecule has 1 aliphatic heterocycles. The zero-order chi connectivity index (χ0) is 15.8. The minimum absolute atomic E-state index is 0.00444. The zero-order valence-electron chi connectivity index (χ0n) is 13.3. The molecule has 1 N–H and O–H groups in total. The van der Waals surface area contributed by atoms with E-state index in [1.807, 2.05) is 34.7 Å². The van der Waals surface area contributed by atoms with Crippen LogP contribution in [-0.4, -0.2) is 55.0 Å². The number of halogens is 3. The van der Waals surface area contributed by atoms with Crippen LogP contribution in [0.2, 0.25) is 0 Å². The van der Waals surface area contributed by atoms with Crippen molar-refractivity contribution in [2.24, 2.45) is 5.92 Å². The first kappa shape index (κ1) is 17.7. The summed E-state index contributed by atoms with van der Waals surface area (Å²) in [6, 6.07) is 0.0276. The van der Waals surface area contributed by atoms with Gasteiger partial charge in [0.1, 0.15) is 0 Å². The van der Waals surface area contributed by atoms with E-state index in [2.05, 4.69) is 5.32 Å². The number of alkyl halides is 3. The second-order valence-corrected chi connectivity index (χ2v) is 6.62. The second kappa shape index (κ2) is 5.81. The van der Waals surface area contributed by atoms with E-state index in [1.165, 1.54) is 4.90 Å². The number of rotatable bonds is 5. The lowest BCUT2D eigenvalue weighted by atomic mass is 9.82. The van der Waals surface area contributed by atoms with Crippen molar-refractivity contribution < 1.29 is 17.9 Å². The second-order valence-electron chi connectivity index (χ2n) is 6.62. The van der Waals surface area contributed by atoms with Crippen LogP contribution < -0.4 is 5.32 Å². The molecular weight excluding hydrogens is 269 g/mol. The number of nitrogens with zero attached hydrogens (tertiary/aromatic N) is 1. The Morgan fingerprint density at radius 2 is 1.70 bits per heavy atom. The highest BCUT2D eigenvalue weighted by Gasteiger charge is 2.53. The molecule has 1 saturated heterocycles. The average Bonchev–Trinajstić information content (AvgIpc) is 2.40. The van der Waals surface area contributed by atoms with E-state index in [0.29, 0.717) is 13.1 Å². The third-order valence-electron chi connectivity index (χ3n) is 4.19. The minimum atomic E-state index is -4.16. The smallest absolute Gasteiger partial charge is 0.368 e. The first-order chi connectivity index (χ1) is 8.93. The number of hydrogen-bond donors (Lipinski definition) is 1. The van der Waals surface area contributed by atoms with Gasteiger partial charge in [-0.2, -0.15) is 13.2 Å². The maximum Gasteiger partial charge on any atom is 0.401 e. The van der Waals surface area contributed by atoms with E-state index in [1.54, 1.807) is 6.92 Å². The van der Waals surface area contributed by atoms with Gasteiger partial charge in [-0.25, -0.2) is 0 Å². The van der Waals surface area contributed by atoms with Crippen molar-refractivity contribution in [3.63, 3.8) is 0 Å². The molecule has 1 fully saturated rings. The summed E-state index contributed by atoms with van der Waals surface area (Å²) in [6.45, 7) is 9.52. The lowest BCUT2D eigenvalue weighted by Gasteiger charge is -2.34. The van der Waals surface area contributed by atoms with E-state index in [0.717, 1.165) is 0 Å². The molecule has 20 heavy (non-hydrogen) atoms. The highest BCUT2D eigenvalue weighted by atomic mass is 19.4. The van der Waals surface area contributed by atoms with Crippen LogP contribution in [0.15, 0.2) is 0 Å². The Bertz CT molecular complexity index is 329. The fourth-order valence-corrected chi connectivity index (χ4v) is 3.41. The average molecular weight is 296 g/mol. The third kappa shape index (κ3) is 4.09. The molecule has 0 spiro atoms. The summed E-state index contributed by atoms with van der Waals surface area (Å²) in [6.07, 6.45) is -4.16. The fourth-order valence-electron chi connectivity index (χ4n) is 3.41. The van der Waals surface area contributed by atoms with Gasteiger partial charge < -0.3 is 10.1 Å². The van der Waals surface area contributed by atoms with Crippen LogP contribution in [0.1, 0.15) is 34.6 Å². The van der Waals surface area contributed by atoms with E-state index in [9.17, 15) is 13.2 Å². The summed E-state index contributed by atoms with van der Waals surface area (Å²) in [7, 11) is 1.84. The van der Waals surface area contributed by atoms with E-state index < -0.39 is 18.3 Å². The van der Waals surface area contributed by atoms with Crippen LogP contribution in [0.3, 0.4) is 0 Å². The van der Waals surface area contributed by atoms with Gasteiger partial charge in [0.15, 0.2) is 0 Å². The van der Waals surface area contributed by atoms with Gasteiger partial charge in [-0.1, -0.05) is 6.92 Å². The first-order valence-electron chi connectivity index (χ1n) is 7.09. The monoisotopic (exact) mass is 296 g/mol. The molecule has 3 nitrogen and oxygen atoms in total. The maximum atomic E-state index is 12.6. The molecule has 0 aromatic rings. The predicted octanol–water partition coefficient (Wildman–Crippen LogP) is 2.66. The Morgan fingerprint density at radius 3 is 2.10 bits per heavy atom.